The molecule has 26 heavy (non-hydrogen) atoms. The van der Waals surface area contributed by atoms with Gasteiger partial charge in [0.15, 0.2) is 0 Å². The highest BCUT2D eigenvalue weighted by Crippen LogP contribution is 2.25. The molecule has 0 saturated carbocycles. The number of halogens is 2. The van der Waals surface area contributed by atoms with E-state index in [2.05, 4.69) is 0 Å². The molecule has 5 heteroatoms. The number of carbonyl (C=O) groups excluding carboxylic acids is 1. The Bertz CT molecular complexity index is 1010. The first-order chi connectivity index (χ1) is 12.6. The van der Waals surface area contributed by atoms with Crippen LogP contribution in [0.15, 0.2) is 57.4 Å². The highest BCUT2D eigenvalue weighted by Gasteiger charge is 2.10. The summed E-state index contributed by atoms with van der Waals surface area (Å²) in [6, 6.07) is 14.9. The van der Waals surface area contributed by atoms with E-state index in [1.165, 1.54) is 0 Å². The molecule has 0 aliphatic rings. The van der Waals surface area contributed by atoms with E-state index in [4.69, 9.17) is 32.0 Å². The number of Topliss-reactive ketones (excluding diaryl/α,β-unsaturated/α-hetero) is 1. The summed E-state index contributed by atoms with van der Waals surface area (Å²) in [5.41, 5.74) is 1.58. The van der Waals surface area contributed by atoms with Crippen molar-refractivity contribution in [3.05, 3.63) is 70.1 Å². The number of carbonyl (C=O) groups is 1. The Hall–Kier alpha value is -2.23. The Kier molecular flexibility index (Phi) is 4.75. The van der Waals surface area contributed by atoms with Gasteiger partial charge in [-0.15, -0.1) is 0 Å². The van der Waals surface area contributed by atoms with E-state index in [9.17, 15) is 4.79 Å². The minimum Gasteiger partial charge on any atom is -0.461 e. The van der Waals surface area contributed by atoms with Crippen LogP contribution in [0.5, 0.6) is 0 Å². The SMILES string of the molecule is O=C(CCc1cc2cc(Cl)ccc2o1)CCc1cc2cc(Cl)ccc2o1. The van der Waals surface area contributed by atoms with Gasteiger partial charge in [0.25, 0.3) is 0 Å². The molecule has 4 rings (SSSR count). The third-order valence-corrected chi connectivity index (χ3v) is 4.83. The largest absolute Gasteiger partial charge is 0.461 e. The van der Waals surface area contributed by atoms with Crippen LogP contribution in [-0.2, 0) is 17.6 Å². The van der Waals surface area contributed by atoms with Gasteiger partial charge in [0.1, 0.15) is 28.5 Å². The number of furan rings is 2. The average Bonchev–Trinajstić information content (AvgIpc) is 3.20. The Morgan fingerprint density at radius 1 is 0.731 bits per heavy atom. The van der Waals surface area contributed by atoms with Crippen LogP contribution in [-0.4, -0.2) is 5.78 Å². The van der Waals surface area contributed by atoms with E-state index in [1.807, 2.05) is 36.4 Å². The van der Waals surface area contributed by atoms with Crippen molar-refractivity contribution < 1.29 is 13.6 Å². The molecule has 0 aliphatic carbocycles. The van der Waals surface area contributed by atoms with Gasteiger partial charge in [-0.3, -0.25) is 4.79 Å². The van der Waals surface area contributed by atoms with E-state index in [0.29, 0.717) is 35.7 Å². The van der Waals surface area contributed by atoms with E-state index < -0.39 is 0 Å². The normalized spacial score (nSPS) is 11.5. The zero-order valence-electron chi connectivity index (χ0n) is 13.9. The Morgan fingerprint density at radius 2 is 1.19 bits per heavy atom. The summed E-state index contributed by atoms with van der Waals surface area (Å²) >= 11 is 12.0. The molecule has 0 atom stereocenters. The zero-order valence-corrected chi connectivity index (χ0v) is 15.4. The number of fused-ring (bicyclic) bond motifs is 2. The number of aryl methyl sites for hydroxylation is 2. The van der Waals surface area contributed by atoms with Gasteiger partial charge in [0, 0.05) is 46.5 Å². The molecule has 0 unspecified atom stereocenters. The lowest BCUT2D eigenvalue weighted by molar-refractivity contribution is -0.119. The van der Waals surface area contributed by atoms with E-state index in [0.717, 1.165) is 33.5 Å². The lowest BCUT2D eigenvalue weighted by atomic mass is 10.1. The number of ketones is 1. The van der Waals surface area contributed by atoms with Crippen molar-refractivity contribution in [3.8, 4) is 0 Å². The maximum atomic E-state index is 12.2. The van der Waals surface area contributed by atoms with Gasteiger partial charge < -0.3 is 8.83 Å². The first kappa shape index (κ1) is 17.2. The molecule has 2 aromatic carbocycles. The van der Waals surface area contributed by atoms with Crippen LogP contribution >= 0.6 is 23.2 Å². The summed E-state index contributed by atoms with van der Waals surface area (Å²) in [5, 5.41) is 3.27. The Balaban J connectivity index is 1.34. The van der Waals surface area contributed by atoms with Crippen molar-refractivity contribution in [3.63, 3.8) is 0 Å². The first-order valence-corrected chi connectivity index (χ1v) is 9.20. The Morgan fingerprint density at radius 3 is 1.65 bits per heavy atom. The quantitative estimate of drug-likeness (QED) is 0.373. The predicted molar refractivity (Wildman–Crippen MR) is 104 cm³/mol. The fourth-order valence-corrected chi connectivity index (χ4v) is 3.40. The number of hydrogen-bond donors (Lipinski definition) is 0. The fraction of sp³-hybridized carbons (Fsp3) is 0.190. The fourth-order valence-electron chi connectivity index (χ4n) is 3.04. The molecule has 0 radical (unpaired) electrons. The van der Waals surface area contributed by atoms with Crippen molar-refractivity contribution in [2.24, 2.45) is 0 Å². The van der Waals surface area contributed by atoms with Gasteiger partial charge in [-0.1, -0.05) is 23.2 Å². The van der Waals surface area contributed by atoms with Crippen LogP contribution in [0.1, 0.15) is 24.4 Å². The van der Waals surface area contributed by atoms with Crippen molar-refractivity contribution in [2.75, 3.05) is 0 Å². The van der Waals surface area contributed by atoms with Gasteiger partial charge in [-0.05, 0) is 48.5 Å². The van der Waals surface area contributed by atoms with E-state index in [1.54, 1.807) is 12.1 Å². The van der Waals surface area contributed by atoms with Crippen LogP contribution in [0.2, 0.25) is 10.0 Å². The van der Waals surface area contributed by atoms with Gasteiger partial charge >= 0.3 is 0 Å². The maximum Gasteiger partial charge on any atom is 0.134 e. The molecular weight excluding hydrogens is 371 g/mol. The molecule has 2 heterocycles. The van der Waals surface area contributed by atoms with E-state index in [-0.39, 0.29) is 5.78 Å². The monoisotopic (exact) mass is 386 g/mol. The average molecular weight is 387 g/mol. The second kappa shape index (κ2) is 7.18. The minimum atomic E-state index is 0.182. The van der Waals surface area contributed by atoms with Crippen LogP contribution < -0.4 is 0 Å². The number of hydrogen-bond acceptors (Lipinski definition) is 3. The van der Waals surface area contributed by atoms with E-state index >= 15 is 0 Å². The summed E-state index contributed by atoms with van der Waals surface area (Å²) in [4.78, 5) is 12.2. The first-order valence-electron chi connectivity index (χ1n) is 8.44. The van der Waals surface area contributed by atoms with Gasteiger partial charge in [-0.25, -0.2) is 0 Å². The maximum absolute atomic E-state index is 12.2. The molecule has 0 bridgehead atoms. The molecule has 0 amide bonds. The molecule has 0 saturated heterocycles. The van der Waals surface area contributed by atoms with Crippen LogP contribution in [0.3, 0.4) is 0 Å². The molecular formula is C21H16Cl2O3. The second-order valence-corrected chi connectivity index (χ2v) is 7.20. The van der Waals surface area contributed by atoms with Crippen LogP contribution in [0.25, 0.3) is 21.9 Å². The molecule has 2 aromatic heterocycles. The zero-order chi connectivity index (χ0) is 18.1. The van der Waals surface area contributed by atoms with Gasteiger partial charge in [0.2, 0.25) is 0 Å². The smallest absolute Gasteiger partial charge is 0.134 e. The van der Waals surface area contributed by atoms with Crippen molar-refractivity contribution in [1.82, 2.24) is 0 Å². The molecule has 3 nitrogen and oxygen atoms in total. The third-order valence-electron chi connectivity index (χ3n) is 4.36. The standard InChI is InChI=1S/C21H16Cl2O3/c22-15-1-7-20-13(9-15)11-18(25-20)5-3-17(24)4-6-19-12-14-10-16(23)2-8-21(14)26-19/h1-2,7-12H,3-6H2. The molecule has 0 aliphatic heterocycles. The van der Waals surface area contributed by atoms with Crippen LogP contribution in [0.4, 0.5) is 0 Å². The molecule has 0 fully saturated rings. The van der Waals surface area contributed by atoms with Crippen molar-refractivity contribution in [1.29, 1.82) is 0 Å². The number of benzene rings is 2. The van der Waals surface area contributed by atoms with Crippen LogP contribution in [0, 0.1) is 0 Å². The lowest BCUT2D eigenvalue weighted by Crippen LogP contribution is -2.01. The summed E-state index contributed by atoms with van der Waals surface area (Å²) in [5.74, 6) is 1.78. The van der Waals surface area contributed by atoms with Crippen molar-refractivity contribution in [2.45, 2.75) is 25.7 Å². The third kappa shape index (κ3) is 3.79. The highest BCUT2D eigenvalue weighted by molar-refractivity contribution is 6.31. The predicted octanol–water partition coefficient (Wildman–Crippen LogP) is 6.62. The van der Waals surface area contributed by atoms with Gasteiger partial charge in [-0.2, -0.15) is 0 Å². The summed E-state index contributed by atoms with van der Waals surface area (Å²) in [6.07, 6.45) is 2.06. The molecule has 132 valence electrons. The summed E-state index contributed by atoms with van der Waals surface area (Å²) in [7, 11) is 0. The minimum absolute atomic E-state index is 0.182. The van der Waals surface area contributed by atoms with Crippen molar-refractivity contribution >= 4 is 50.9 Å². The summed E-state index contributed by atoms with van der Waals surface area (Å²) in [6.45, 7) is 0. The lowest BCUT2D eigenvalue weighted by Gasteiger charge is -1.98. The topological polar surface area (TPSA) is 43.4 Å². The number of rotatable bonds is 6. The molecule has 0 N–H and O–H groups in total. The second-order valence-electron chi connectivity index (χ2n) is 6.33. The molecule has 4 aromatic rings. The highest BCUT2D eigenvalue weighted by atomic mass is 35.5. The summed E-state index contributed by atoms with van der Waals surface area (Å²) < 4.78 is 11.5. The Labute approximate surface area is 160 Å². The molecule has 0 spiro atoms. The van der Waals surface area contributed by atoms with Gasteiger partial charge in [0.05, 0.1) is 0 Å².